The van der Waals surface area contributed by atoms with Crippen molar-refractivity contribution in [1.29, 1.82) is 0 Å². The van der Waals surface area contributed by atoms with Crippen molar-refractivity contribution in [1.82, 2.24) is 9.88 Å². The number of amides is 1. The van der Waals surface area contributed by atoms with Gasteiger partial charge in [0.15, 0.2) is 5.82 Å². The molecule has 1 heterocycles. The van der Waals surface area contributed by atoms with Crippen LogP contribution in [0.2, 0.25) is 0 Å². The van der Waals surface area contributed by atoms with Crippen LogP contribution in [0.25, 0.3) is 0 Å². The van der Waals surface area contributed by atoms with Gasteiger partial charge in [0.2, 0.25) is 0 Å². The molecule has 0 saturated heterocycles. The van der Waals surface area contributed by atoms with Crippen molar-refractivity contribution in [2.45, 2.75) is 4.83 Å². The Kier molecular flexibility index (Phi) is 5.50. The number of aromatic nitrogens is 1. The number of alkyl halides is 1. The van der Waals surface area contributed by atoms with Crippen LogP contribution < -0.4 is 0 Å². The maximum absolute atomic E-state index is 13.3. The predicted octanol–water partition coefficient (Wildman–Crippen LogP) is 1.70. The fourth-order valence-corrected chi connectivity index (χ4v) is 2.07. The first-order valence-corrected chi connectivity index (χ1v) is 5.95. The van der Waals surface area contributed by atoms with Gasteiger partial charge in [-0.25, -0.2) is 4.39 Å². The Labute approximate surface area is 108 Å². The molecule has 1 unspecified atom stereocenters. The van der Waals surface area contributed by atoms with Gasteiger partial charge in [-0.3, -0.25) is 9.78 Å². The van der Waals surface area contributed by atoms with Gasteiger partial charge in [0.05, 0.1) is 23.2 Å². The highest BCUT2D eigenvalue weighted by atomic mass is 79.9. The van der Waals surface area contributed by atoms with E-state index in [2.05, 4.69) is 20.9 Å². The highest BCUT2D eigenvalue weighted by molar-refractivity contribution is 9.09. The summed E-state index contributed by atoms with van der Waals surface area (Å²) in [4.78, 5) is 17.0. The topological polar surface area (TPSA) is 42.4 Å². The van der Waals surface area contributed by atoms with Crippen LogP contribution in [0.5, 0.6) is 0 Å². The van der Waals surface area contributed by atoms with Crippen molar-refractivity contribution in [2.24, 2.45) is 0 Å². The van der Waals surface area contributed by atoms with Gasteiger partial charge in [0.25, 0.3) is 5.91 Å². The van der Waals surface area contributed by atoms with E-state index < -0.39 is 5.82 Å². The molecule has 1 rings (SSSR count). The summed E-state index contributed by atoms with van der Waals surface area (Å²) in [5.74, 6) is -0.979. The predicted molar refractivity (Wildman–Crippen MR) is 65.7 cm³/mol. The number of pyridine rings is 1. The number of rotatable bonds is 5. The summed E-state index contributed by atoms with van der Waals surface area (Å²) in [6.45, 7) is 0.922. The Balaban J connectivity index is 2.67. The molecule has 1 amide bonds. The summed E-state index contributed by atoms with van der Waals surface area (Å²) < 4.78 is 18.3. The third kappa shape index (κ3) is 4.05. The maximum Gasteiger partial charge on any atom is 0.256 e. The Morgan fingerprint density at radius 2 is 2.41 bits per heavy atom. The number of ether oxygens (including phenoxy) is 1. The monoisotopic (exact) mass is 304 g/mol. The van der Waals surface area contributed by atoms with Crippen LogP contribution in [0.15, 0.2) is 18.5 Å². The molecule has 0 radical (unpaired) electrons. The second-order valence-electron chi connectivity index (χ2n) is 3.59. The second-order valence-corrected chi connectivity index (χ2v) is 4.89. The highest BCUT2D eigenvalue weighted by Gasteiger charge is 2.18. The first kappa shape index (κ1) is 14.1. The Bertz CT molecular complexity index is 389. The van der Waals surface area contributed by atoms with Crippen molar-refractivity contribution < 1.29 is 13.9 Å². The number of nitrogens with zero attached hydrogens (tertiary/aromatic N) is 2. The standard InChI is InChI=1S/C11H14BrFN2O2/c1-15(6-8(12)7-17-2)11(16)9-3-4-14-5-10(9)13/h3-5,8H,6-7H2,1-2H3. The molecule has 0 aromatic carbocycles. The van der Waals surface area contributed by atoms with Gasteiger partial charge in [-0.1, -0.05) is 15.9 Å². The van der Waals surface area contributed by atoms with E-state index in [4.69, 9.17) is 4.74 Å². The molecule has 17 heavy (non-hydrogen) atoms. The Morgan fingerprint density at radius 1 is 1.71 bits per heavy atom. The van der Waals surface area contributed by atoms with Gasteiger partial charge in [-0.2, -0.15) is 0 Å². The third-order valence-corrected chi connectivity index (χ3v) is 2.72. The van der Waals surface area contributed by atoms with Gasteiger partial charge in [-0.05, 0) is 6.07 Å². The Morgan fingerprint density at radius 3 is 3.00 bits per heavy atom. The zero-order valence-corrected chi connectivity index (χ0v) is 11.3. The fourth-order valence-electron chi connectivity index (χ4n) is 1.37. The lowest BCUT2D eigenvalue weighted by atomic mass is 10.2. The molecule has 0 spiro atoms. The largest absolute Gasteiger partial charge is 0.383 e. The van der Waals surface area contributed by atoms with Crippen LogP contribution in [0.1, 0.15) is 10.4 Å². The van der Waals surface area contributed by atoms with Crippen molar-refractivity contribution in [2.75, 3.05) is 27.3 Å². The van der Waals surface area contributed by atoms with E-state index in [0.29, 0.717) is 13.2 Å². The first-order chi connectivity index (χ1) is 8.06. The van der Waals surface area contributed by atoms with Crippen molar-refractivity contribution in [3.8, 4) is 0 Å². The summed E-state index contributed by atoms with van der Waals surface area (Å²) in [6, 6.07) is 1.37. The van der Waals surface area contributed by atoms with Gasteiger partial charge < -0.3 is 9.64 Å². The normalized spacial score (nSPS) is 12.2. The molecule has 0 aliphatic rings. The summed E-state index contributed by atoms with van der Waals surface area (Å²) >= 11 is 3.37. The number of halogens is 2. The van der Waals surface area contributed by atoms with Crippen LogP contribution in [-0.2, 0) is 4.74 Å². The van der Waals surface area contributed by atoms with E-state index in [9.17, 15) is 9.18 Å². The molecule has 1 aromatic rings. The molecule has 0 bridgehead atoms. The average molecular weight is 305 g/mol. The SMILES string of the molecule is COCC(Br)CN(C)C(=O)c1ccncc1F. The van der Waals surface area contributed by atoms with Crippen LogP contribution in [0.4, 0.5) is 4.39 Å². The van der Waals surface area contributed by atoms with E-state index in [0.717, 1.165) is 6.20 Å². The zero-order valence-electron chi connectivity index (χ0n) is 9.69. The van der Waals surface area contributed by atoms with Crippen molar-refractivity contribution >= 4 is 21.8 Å². The van der Waals surface area contributed by atoms with E-state index in [-0.39, 0.29) is 16.3 Å². The van der Waals surface area contributed by atoms with E-state index in [1.165, 1.54) is 17.2 Å². The van der Waals surface area contributed by atoms with E-state index in [1.807, 2.05) is 0 Å². The third-order valence-electron chi connectivity index (χ3n) is 2.17. The smallest absolute Gasteiger partial charge is 0.256 e. The number of carbonyl (C=O) groups excluding carboxylic acids is 1. The zero-order chi connectivity index (χ0) is 12.8. The van der Waals surface area contributed by atoms with Crippen LogP contribution in [0, 0.1) is 5.82 Å². The molecule has 0 aliphatic heterocycles. The summed E-state index contributed by atoms with van der Waals surface area (Å²) in [5.41, 5.74) is 0.0274. The van der Waals surface area contributed by atoms with Crippen LogP contribution in [0.3, 0.4) is 0 Å². The fraction of sp³-hybridized carbons (Fsp3) is 0.455. The molecule has 0 fully saturated rings. The summed E-state index contributed by atoms with van der Waals surface area (Å²) in [5, 5.41) is 0. The molecule has 1 aromatic heterocycles. The van der Waals surface area contributed by atoms with E-state index in [1.54, 1.807) is 14.2 Å². The lowest BCUT2D eigenvalue weighted by Gasteiger charge is -2.20. The van der Waals surface area contributed by atoms with Crippen LogP contribution >= 0.6 is 15.9 Å². The molecule has 6 heteroatoms. The van der Waals surface area contributed by atoms with E-state index >= 15 is 0 Å². The van der Waals surface area contributed by atoms with Crippen molar-refractivity contribution in [3.05, 3.63) is 29.8 Å². The molecule has 4 nitrogen and oxygen atoms in total. The number of methoxy groups -OCH3 is 1. The maximum atomic E-state index is 13.3. The molecule has 0 aliphatic carbocycles. The minimum Gasteiger partial charge on any atom is -0.383 e. The number of hydrogen-bond donors (Lipinski definition) is 0. The number of carbonyl (C=O) groups is 1. The quantitative estimate of drug-likeness (QED) is 0.778. The lowest BCUT2D eigenvalue weighted by Crippen LogP contribution is -2.34. The molecular weight excluding hydrogens is 291 g/mol. The first-order valence-electron chi connectivity index (χ1n) is 5.04. The Hall–Kier alpha value is -1.01. The minimum atomic E-state index is -0.609. The van der Waals surface area contributed by atoms with Gasteiger partial charge in [0, 0.05) is 26.9 Å². The van der Waals surface area contributed by atoms with Gasteiger partial charge in [0.1, 0.15) is 0 Å². The molecule has 94 valence electrons. The van der Waals surface area contributed by atoms with Gasteiger partial charge >= 0.3 is 0 Å². The lowest BCUT2D eigenvalue weighted by molar-refractivity contribution is 0.0779. The molecular formula is C11H14BrFN2O2. The van der Waals surface area contributed by atoms with Gasteiger partial charge in [-0.15, -0.1) is 0 Å². The summed E-state index contributed by atoms with van der Waals surface area (Å²) in [7, 11) is 3.20. The average Bonchev–Trinajstić information content (AvgIpc) is 2.29. The molecule has 0 saturated carbocycles. The van der Waals surface area contributed by atoms with Crippen LogP contribution in [-0.4, -0.2) is 47.9 Å². The van der Waals surface area contributed by atoms with Crippen molar-refractivity contribution in [3.63, 3.8) is 0 Å². The minimum absolute atomic E-state index is 0.0198. The highest BCUT2D eigenvalue weighted by Crippen LogP contribution is 2.10. The molecule has 1 atom stereocenters. The number of hydrogen-bond acceptors (Lipinski definition) is 3. The summed E-state index contributed by atoms with van der Waals surface area (Å²) in [6.07, 6.45) is 2.42. The second kappa shape index (κ2) is 6.66. The molecule has 0 N–H and O–H groups in total.